The average Bonchev–Trinajstić information content (AvgIpc) is 2.72. The number of esters is 1. The molecule has 5 heteroatoms. The average molecular weight is 420 g/mol. The molecule has 2 aliphatic rings. The molecule has 2 aliphatic heterocycles. The van der Waals surface area contributed by atoms with Crippen molar-refractivity contribution in [2.45, 2.75) is 37.3 Å². The van der Waals surface area contributed by atoms with Crippen LogP contribution in [0.4, 0.5) is 0 Å². The number of hydrogen-bond donors (Lipinski definition) is 0. The predicted octanol–water partition coefficient (Wildman–Crippen LogP) is 3.68. The topological polar surface area (TPSA) is 29.5 Å². The fourth-order valence-corrected chi connectivity index (χ4v) is 4.53. The number of piperidine rings is 1. The van der Waals surface area contributed by atoms with Crippen LogP contribution in [0.2, 0.25) is 5.02 Å². The second-order valence-electron chi connectivity index (χ2n) is 6.03. The monoisotopic (exact) mass is 419 g/mol. The smallest absolute Gasteiger partial charge is 0.310 e. The van der Waals surface area contributed by atoms with Crippen molar-refractivity contribution in [2.24, 2.45) is 5.92 Å². The maximum atomic E-state index is 12.4. The van der Waals surface area contributed by atoms with Crippen LogP contribution < -0.4 is 0 Å². The number of benzene rings is 1. The van der Waals surface area contributed by atoms with Crippen LogP contribution in [0.3, 0.4) is 0 Å². The van der Waals surface area contributed by atoms with Crippen molar-refractivity contribution in [3.63, 3.8) is 0 Å². The summed E-state index contributed by atoms with van der Waals surface area (Å²) in [6, 6.07) is 7.03. The molecule has 0 radical (unpaired) electrons. The third kappa shape index (κ3) is 2.70. The van der Waals surface area contributed by atoms with E-state index in [1.54, 1.807) is 0 Å². The van der Waals surface area contributed by atoms with Crippen molar-refractivity contribution < 1.29 is 9.53 Å². The van der Waals surface area contributed by atoms with Gasteiger partial charge < -0.3 is 4.74 Å². The number of halogens is 2. The summed E-state index contributed by atoms with van der Waals surface area (Å²) in [7, 11) is 3.62. The zero-order valence-corrected chi connectivity index (χ0v) is 15.1. The number of fused-ring (bicyclic) bond motifs is 2. The normalized spacial score (nSPS) is 32.2. The molecule has 0 aromatic heterocycles. The zero-order valence-electron chi connectivity index (χ0n) is 12.2. The van der Waals surface area contributed by atoms with Crippen molar-refractivity contribution in [2.75, 3.05) is 14.2 Å². The van der Waals surface area contributed by atoms with Gasteiger partial charge in [0.25, 0.3) is 0 Å². The second kappa shape index (κ2) is 6.05. The number of methoxy groups -OCH3 is 1. The minimum atomic E-state index is -0.0909. The van der Waals surface area contributed by atoms with E-state index in [1.165, 1.54) is 19.1 Å². The highest BCUT2D eigenvalue weighted by molar-refractivity contribution is 14.1. The Bertz CT molecular complexity index is 565. The fourth-order valence-electron chi connectivity index (χ4n) is 4.01. The van der Waals surface area contributed by atoms with E-state index in [0.29, 0.717) is 12.1 Å². The van der Waals surface area contributed by atoms with Gasteiger partial charge in [-0.25, -0.2) is 0 Å². The number of ether oxygens (including phenoxy) is 1. The van der Waals surface area contributed by atoms with Crippen molar-refractivity contribution in [1.29, 1.82) is 0 Å². The van der Waals surface area contributed by atoms with Gasteiger partial charge in [-0.2, -0.15) is 0 Å². The van der Waals surface area contributed by atoms with Gasteiger partial charge in [0.2, 0.25) is 0 Å². The van der Waals surface area contributed by atoms with Gasteiger partial charge >= 0.3 is 5.97 Å². The first-order valence-electron chi connectivity index (χ1n) is 7.27. The molecule has 1 aromatic rings. The van der Waals surface area contributed by atoms with Crippen LogP contribution >= 0.6 is 34.2 Å². The third-order valence-electron chi connectivity index (χ3n) is 5.11. The lowest BCUT2D eigenvalue weighted by atomic mass is 9.76. The summed E-state index contributed by atoms with van der Waals surface area (Å²) in [4.78, 5) is 14.7. The molecule has 4 atom stereocenters. The highest BCUT2D eigenvalue weighted by Gasteiger charge is 2.49. The largest absolute Gasteiger partial charge is 0.469 e. The molecule has 3 rings (SSSR count). The Morgan fingerprint density at radius 3 is 2.86 bits per heavy atom. The standard InChI is InChI=1S/C16H19ClINO2/c1-19-10-4-6-14(19)15(16(20)21-2)11(8-10)9-3-5-13(18)12(17)7-9/h3,5,7,10-11,14-15H,4,6,8H2,1-2H3/t10-,11+,14+,15-/m0/s1. The molecule has 21 heavy (non-hydrogen) atoms. The molecule has 3 nitrogen and oxygen atoms in total. The van der Waals surface area contributed by atoms with Crippen molar-refractivity contribution >= 4 is 40.2 Å². The Balaban J connectivity index is 1.98. The Morgan fingerprint density at radius 2 is 2.19 bits per heavy atom. The lowest BCUT2D eigenvalue weighted by Crippen LogP contribution is -2.49. The van der Waals surface area contributed by atoms with E-state index >= 15 is 0 Å². The molecule has 2 fully saturated rings. The van der Waals surface area contributed by atoms with Crippen molar-refractivity contribution in [1.82, 2.24) is 4.90 Å². The molecule has 0 saturated carbocycles. The van der Waals surface area contributed by atoms with Crippen LogP contribution in [-0.4, -0.2) is 37.1 Å². The van der Waals surface area contributed by atoms with Gasteiger partial charge in [0.1, 0.15) is 0 Å². The first-order valence-corrected chi connectivity index (χ1v) is 8.73. The lowest BCUT2D eigenvalue weighted by Gasteiger charge is -2.41. The molecule has 0 N–H and O–H groups in total. The van der Waals surface area contributed by atoms with Gasteiger partial charge in [0.05, 0.1) is 18.1 Å². The highest BCUT2D eigenvalue weighted by atomic mass is 127. The first kappa shape index (κ1) is 15.6. The highest BCUT2D eigenvalue weighted by Crippen LogP contribution is 2.47. The predicted molar refractivity (Wildman–Crippen MR) is 91.6 cm³/mol. The number of nitrogens with zero attached hydrogens (tertiary/aromatic N) is 1. The Kier molecular flexibility index (Phi) is 4.48. The Hall–Kier alpha value is -0.330. The first-order chi connectivity index (χ1) is 10.0. The quantitative estimate of drug-likeness (QED) is 0.541. The van der Waals surface area contributed by atoms with Gasteiger partial charge in [-0.05, 0) is 66.6 Å². The maximum Gasteiger partial charge on any atom is 0.310 e. The SMILES string of the molecule is COC(=O)[C@H]1[C@@H](c2ccc(I)c(Cl)c2)C[C@@H]2CC[C@H]1N2C. The number of carbonyl (C=O) groups is 1. The Morgan fingerprint density at radius 1 is 1.43 bits per heavy atom. The molecular weight excluding hydrogens is 401 g/mol. The molecule has 2 heterocycles. The van der Waals surface area contributed by atoms with Crippen LogP contribution in [0.25, 0.3) is 0 Å². The summed E-state index contributed by atoms with van der Waals surface area (Å²) in [5.74, 6) is 0.0300. The summed E-state index contributed by atoms with van der Waals surface area (Å²) in [5, 5.41) is 0.767. The lowest BCUT2D eigenvalue weighted by molar-refractivity contribution is -0.150. The molecule has 0 amide bonds. The van der Waals surface area contributed by atoms with Crippen molar-refractivity contribution in [3.8, 4) is 0 Å². The van der Waals surface area contributed by atoms with E-state index in [4.69, 9.17) is 16.3 Å². The summed E-state index contributed by atoms with van der Waals surface area (Å²) in [6.45, 7) is 0. The molecule has 2 bridgehead atoms. The van der Waals surface area contributed by atoms with E-state index in [9.17, 15) is 4.79 Å². The summed E-state index contributed by atoms with van der Waals surface area (Å²) < 4.78 is 6.14. The maximum absolute atomic E-state index is 12.4. The molecule has 2 saturated heterocycles. The van der Waals surface area contributed by atoms with Crippen LogP contribution in [0.1, 0.15) is 30.7 Å². The number of carbonyl (C=O) groups excluding carboxylic acids is 1. The molecule has 0 unspecified atom stereocenters. The molecule has 0 aliphatic carbocycles. The van der Waals surface area contributed by atoms with E-state index in [2.05, 4.69) is 40.6 Å². The van der Waals surface area contributed by atoms with Crippen molar-refractivity contribution in [3.05, 3.63) is 32.4 Å². The van der Waals surface area contributed by atoms with E-state index in [1.807, 2.05) is 12.1 Å². The minimum absolute atomic E-state index is 0.0881. The molecular formula is C16H19ClINO2. The van der Waals surface area contributed by atoms with Gasteiger partial charge in [0, 0.05) is 21.6 Å². The minimum Gasteiger partial charge on any atom is -0.469 e. The number of hydrogen-bond acceptors (Lipinski definition) is 3. The molecule has 0 spiro atoms. The van der Waals surface area contributed by atoms with Gasteiger partial charge in [-0.15, -0.1) is 0 Å². The van der Waals surface area contributed by atoms with Crippen LogP contribution in [0.15, 0.2) is 18.2 Å². The summed E-state index contributed by atoms with van der Waals surface area (Å²) >= 11 is 8.51. The van der Waals surface area contributed by atoms with Crippen LogP contribution in [-0.2, 0) is 9.53 Å². The molecule has 114 valence electrons. The number of rotatable bonds is 2. The van der Waals surface area contributed by atoms with E-state index in [-0.39, 0.29) is 17.8 Å². The van der Waals surface area contributed by atoms with Gasteiger partial charge in [-0.1, -0.05) is 17.7 Å². The van der Waals surface area contributed by atoms with Gasteiger partial charge in [0.15, 0.2) is 0 Å². The third-order valence-corrected chi connectivity index (χ3v) is 6.69. The van der Waals surface area contributed by atoms with E-state index < -0.39 is 0 Å². The summed E-state index contributed by atoms with van der Waals surface area (Å²) in [6.07, 6.45) is 3.25. The second-order valence-corrected chi connectivity index (χ2v) is 7.60. The van der Waals surface area contributed by atoms with Crippen LogP contribution in [0, 0.1) is 9.49 Å². The van der Waals surface area contributed by atoms with E-state index in [0.717, 1.165) is 21.4 Å². The van der Waals surface area contributed by atoms with Crippen LogP contribution in [0.5, 0.6) is 0 Å². The Labute approximate surface area is 144 Å². The fraction of sp³-hybridized carbons (Fsp3) is 0.562. The zero-order chi connectivity index (χ0) is 15.1. The molecule has 1 aromatic carbocycles. The van der Waals surface area contributed by atoms with Gasteiger partial charge in [-0.3, -0.25) is 9.69 Å². The summed E-state index contributed by atoms with van der Waals surface area (Å²) in [5.41, 5.74) is 1.17.